The molecule has 3 aliphatic rings. The molecular formula is C27H27N3O5S2. The molecule has 2 saturated heterocycles. The SMILES string of the molecule is O=C(NCc1cc2ccccc2s1)C1CCCN(c2cccc3c2C(=O)N(C2CCS(=O)(=O)C2)C3=O)C1. The predicted octanol–water partition coefficient (Wildman–Crippen LogP) is 3.22. The first-order chi connectivity index (χ1) is 17.8. The summed E-state index contributed by atoms with van der Waals surface area (Å²) in [6.07, 6.45) is 1.81. The molecule has 1 aromatic heterocycles. The van der Waals surface area contributed by atoms with Gasteiger partial charge < -0.3 is 10.2 Å². The van der Waals surface area contributed by atoms with E-state index in [4.69, 9.17) is 0 Å². The first-order valence-corrected chi connectivity index (χ1v) is 15.2. The van der Waals surface area contributed by atoms with Crippen LogP contribution in [-0.4, -0.2) is 61.7 Å². The number of anilines is 1. The number of nitrogens with zero attached hydrogens (tertiary/aromatic N) is 2. The van der Waals surface area contributed by atoms with Gasteiger partial charge in [0.25, 0.3) is 11.8 Å². The van der Waals surface area contributed by atoms with Crippen molar-refractivity contribution in [3.8, 4) is 0 Å². The second kappa shape index (κ2) is 9.25. The van der Waals surface area contributed by atoms with E-state index in [0.29, 0.717) is 36.4 Å². The van der Waals surface area contributed by atoms with Gasteiger partial charge in [-0.15, -0.1) is 11.3 Å². The molecule has 1 N–H and O–H groups in total. The molecule has 3 amide bonds. The molecule has 10 heteroatoms. The number of hydrogen-bond acceptors (Lipinski definition) is 7. The van der Waals surface area contributed by atoms with Gasteiger partial charge >= 0.3 is 0 Å². The molecule has 3 aliphatic heterocycles. The van der Waals surface area contributed by atoms with Gasteiger partial charge in [-0.25, -0.2) is 8.42 Å². The molecule has 2 aromatic carbocycles. The van der Waals surface area contributed by atoms with Crippen molar-refractivity contribution in [1.29, 1.82) is 0 Å². The second-order valence-corrected chi connectivity index (χ2v) is 13.4. The van der Waals surface area contributed by atoms with E-state index in [1.54, 1.807) is 23.5 Å². The Balaban J connectivity index is 1.17. The number of nitrogens with one attached hydrogen (secondary N) is 1. The molecule has 6 rings (SSSR count). The minimum atomic E-state index is -3.25. The summed E-state index contributed by atoms with van der Waals surface area (Å²) in [6, 6.07) is 14.8. The minimum absolute atomic E-state index is 0.0116. The molecule has 2 atom stereocenters. The fourth-order valence-corrected chi connectivity index (χ4v) is 8.42. The monoisotopic (exact) mass is 537 g/mol. The summed E-state index contributed by atoms with van der Waals surface area (Å²) in [7, 11) is -3.25. The molecule has 37 heavy (non-hydrogen) atoms. The summed E-state index contributed by atoms with van der Waals surface area (Å²) in [5.41, 5.74) is 1.27. The third kappa shape index (κ3) is 4.42. The van der Waals surface area contributed by atoms with Crippen LogP contribution in [0.5, 0.6) is 0 Å². The van der Waals surface area contributed by atoms with Gasteiger partial charge in [0.05, 0.1) is 46.8 Å². The number of imide groups is 1. The smallest absolute Gasteiger partial charge is 0.263 e. The van der Waals surface area contributed by atoms with Crippen LogP contribution in [0.2, 0.25) is 0 Å². The lowest BCUT2D eigenvalue weighted by atomic mass is 9.95. The first kappa shape index (κ1) is 24.1. The summed E-state index contributed by atoms with van der Waals surface area (Å²) < 4.78 is 25.2. The summed E-state index contributed by atoms with van der Waals surface area (Å²) in [4.78, 5) is 43.9. The summed E-state index contributed by atoms with van der Waals surface area (Å²) in [5.74, 6) is -1.31. The average molecular weight is 538 g/mol. The Bertz CT molecular complexity index is 1500. The highest BCUT2D eigenvalue weighted by Gasteiger charge is 2.46. The molecule has 2 unspecified atom stereocenters. The third-order valence-corrected chi connectivity index (χ3v) is 10.4. The molecule has 192 valence electrons. The van der Waals surface area contributed by atoms with E-state index < -0.39 is 27.7 Å². The third-order valence-electron chi connectivity index (χ3n) is 7.54. The highest BCUT2D eigenvalue weighted by molar-refractivity contribution is 7.91. The zero-order valence-electron chi connectivity index (χ0n) is 20.2. The Kier molecular flexibility index (Phi) is 6.03. The largest absolute Gasteiger partial charge is 0.370 e. The molecule has 8 nitrogen and oxygen atoms in total. The van der Waals surface area contributed by atoms with Crippen molar-refractivity contribution in [2.24, 2.45) is 5.92 Å². The number of amides is 3. The Morgan fingerprint density at radius 3 is 2.68 bits per heavy atom. The zero-order valence-corrected chi connectivity index (χ0v) is 21.8. The van der Waals surface area contributed by atoms with Crippen LogP contribution < -0.4 is 10.2 Å². The summed E-state index contributed by atoms with van der Waals surface area (Å²) in [5, 5.41) is 4.25. The van der Waals surface area contributed by atoms with Crippen molar-refractivity contribution in [2.45, 2.75) is 31.8 Å². The van der Waals surface area contributed by atoms with E-state index >= 15 is 0 Å². The number of piperidine rings is 1. The Labute approximate surface area is 219 Å². The maximum Gasteiger partial charge on any atom is 0.263 e. The average Bonchev–Trinajstić information content (AvgIpc) is 3.55. The highest BCUT2D eigenvalue weighted by Crippen LogP contribution is 2.36. The molecule has 2 fully saturated rings. The van der Waals surface area contributed by atoms with Gasteiger partial charge in [-0.2, -0.15) is 0 Å². The maximum absolute atomic E-state index is 13.4. The van der Waals surface area contributed by atoms with Crippen LogP contribution in [-0.2, 0) is 21.2 Å². The van der Waals surface area contributed by atoms with Gasteiger partial charge in [-0.3, -0.25) is 19.3 Å². The minimum Gasteiger partial charge on any atom is -0.370 e. The molecular weight excluding hydrogens is 510 g/mol. The standard InChI is InChI=1S/C27H27N3O5S2/c31-25(28-14-20-13-17-5-1-2-9-23(17)36-20)18-6-4-11-29(15-18)22-8-3-7-21-24(22)27(33)30(26(21)32)19-10-12-37(34,35)16-19/h1-3,5,7-9,13,18-19H,4,6,10-12,14-16H2,(H,28,31). The summed E-state index contributed by atoms with van der Waals surface area (Å²) in [6.45, 7) is 1.60. The normalized spacial score (nSPS) is 23.0. The number of fused-ring (bicyclic) bond motifs is 2. The van der Waals surface area contributed by atoms with E-state index in [1.807, 2.05) is 23.1 Å². The number of sulfone groups is 1. The number of rotatable bonds is 5. The lowest BCUT2D eigenvalue weighted by Crippen LogP contribution is -2.43. The van der Waals surface area contributed by atoms with E-state index in [2.05, 4.69) is 23.5 Å². The molecule has 0 bridgehead atoms. The van der Waals surface area contributed by atoms with Crippen LogP contribution >= 0.6 is 11.3 Å². The van der Waals surface area contributed by atoms with Crippen molar-refractivity contribution < 1.29 is 22.8 Å². The number of benzene rings is 2. The second-order valence-electron chi connectivity index (χ2n) is 9.99. The van der Waals surface area contributed by atoms with Crippen molar-refractivity contribution >= 4 is 54.7 Å². The molecule has 0 radical (unpaired) electrons. The van der Waals surface area contributed by atoms with Gasteiger partial charge in [0.2, 0.25) is 5.91 Å². The zero-order chi connectivity index (χ0) is 25.7. The maximum atomic E-state index is 13.4. The molecule has 3 aromatic rings. The van der Waals surface area contributed by atoms with Gasteiger partial charge in [0.1, 0.15) is 0 Å². The van der Waals surface area contributed by atoms with Gasteiger partial charge in [0.15, 0.2) is 9.84 Å². The van der Waals surface area contributed by atoms with E-state index in [9.17, 15) is 22.8 Å². The summed E-state index contributed by atoms with van der Waals surface area (Å²) >= 11 is 1.67. The molecule has 4 heterocycles. The number of thiophene rings is 1. The van der Waals surface area contributed by atoms with E-state index in [0.717, 1.165) is 22.6 Å². The van der Waals surface area contributed by atoms with Crippen molar-refractivity contribution in [2.75, 3.05) is 29.5 Å². The quantitative estimate of drug-likeness (QED) is 0.502. The van der Waals surface area contributed by atoms with Crippen molar-refractivity contribution in [1.82, 2.24) is 10.2 Å². The first-order valence-electron chi connectivity index (χ1n) is 12.5. The van der Waals surface area contributed by atoms with Crippen LogP contribution in [0, 0.1) is 5.92 Å². The van der Waals surface area contributed by atoms with Gasteiger partial charge in [-0.1, -0.05) is 24.3 Å². The highest BCUT2D eigenvalue weighted by atomic mass is 32.2. The number of hydrogen-bond donors (Lipinski definition) is 1. The molecule has 0 saturated carbocycles. The van der Waals surface area contributed by atoms with Gasteiger partial charge in [-0.05, 0) is 48.9 Å². The lowest BCUT2D eigenvalue weighted by Gasteiger charge is -2.34. The molecule has 0 spiro atoms. The van der Waals surface area contributed by atoms with E-state index in [1.165, 1.54) is 10.1 Å². The van der Waals surface area contributed by atoms with Gasteiger partial charge in [0, 0.05) is 22.7 Å². The lowest BCUT2D eigenvalue weighted by molar-refractivity contribution is -0.125. The Morgan fingerprint density at radius 2 is 1.89 bits per heavy atom. The van der Waals surface area contributed by atoms with Crippen LogP contribution in [0.4, 0.5) is 5.69 Å². The van der Waals surface area contributed by atoms with E-state index in [-0.39, 0.29) is 29.8 Å². The Morgan fingerprint density at radius 1 is 1.05 bits per heavy atom. The topological polar surface area (TPSA) is 104 Å². The van der Waals surface area contributed by atoms with Crippen LogP contribution in [0.3, 0.4) is 0 Å². The van der Waals surface area contributed by atoms with Crippen LogP contribution in [0.15, 0.2) is 48.5 Å². The molecule has 0 aliphatic carbocycles. The number of carbonyl (C=O) groups is 3. The number of carbonyl (C=O) groups excluding carboxylic acids is 3. The fourth-order valence-electron chi connectivity index (χ4n) is 5.71. The Hall–Kier alpha value is -3.24. The fraction of sp³-hybridized carbons (Fsp3) is 0.370. The predicted molar refractivity (Wildman–Crippen MR) is 143 cm³/mol. The van der Waals surface area contributed by atoms with Crippen molar-refractivity contribution in [3.63, 3.8) is 0 Å². The van der Waals surface area contributed by atoms with Crippen molar-refractivity contribution in [3.05, 3.63) is 64.5 Å². The van der Waals surface area contributed by atoms with Crippen LogP contribution in [0.25, 0.3) is 10.1 Å². The van der Waals surface area contributed by atoms with Crippen LogP contribution in [0.1, 0.15) is 44.9 Å².